The topological polar surface area (TPSA) is 59.5 Å². The van der Waals surface area contributed by atoms with E-state index < -0.39 is 0 Å². The first kappa shape index (κ1) is 15.4. The monoisotopic (exact) mass is 358 g/mol. The second kappa shape index (κ2) is 6.16. The average molecular weight is 360 g/mol. The molecular weight excluding hydrogens is 344 g/mol. The molecule has 1 atom stereocenters. The third-order valence-corrected chi connectivity index (χ3v) is 4.09. The van der Waals surface area contributed by atoms with E-state index in [1.54, 1.807) is 6.07 Å². The molecule has 1 fully saturated rings. The molecule has 1 aliphatic heterocycles. The molecule has 108 valence electrons. The Morgan fingerprint density at radius 2 is 2.25 bits per heavy atom. The molecule has 3 rings (SSSR count). The predicted molar refractivity (Wildman–Crippen MR) is 84.3 cm³/mol. The van der Waals surface area contributed by atoms with Gasteiger partial charge in [0.05, 0.1) is 0 Å². The van der Waals surface area contributed by atoms with E-state index in [0.717, 1.165) is 34.8 Å². The number of carbonyl (C=O) groups excluding carboxylic acids is 1. The van der Waals surface area contributed by atoms with Crippen LogP contribution >= 0.6 is 28.3 Å². The van der Waals surface area contributed by atoms with Crippen LogP contribution in [0.4, 0.5) is 0 Å². The fourth-order valence-corrected chi connectivity index (χ4v) is 2.99. The smallest absolute Gasteiger partial charge is 0.289 e. The van der Waals surface area contributed by atoms with E-state index in [4.69, 9.17) is 10.2 Å². The first-order valence-electron chi connectivity index (χ1n) is 6.39. The average Bonchev–Trinajstić information content (AvgIpc) is 3.03. The SMILES string of the molecule is Cl.NCC1CCCN1C(=O)c1cc2cc(Br)ccc2o1. The highest BCUT2D eigenvalue weighted by atomic mass is 79.9. The number of furan rings is 1. The number of amides is 1. The quantitative estimate of drug-likeness (QED) is 0.896. The van der Waals surface area contributed by atoms with Gasteiger partial charge in [0.25, 0.3) is 5.91 Å². The van der Waals surface area contributed by atoms with Gasteiger partial charge in [-0.2, -0.15) is 0 Å². The highest BCUT2D eigenvalue weighted by molar-refractivity contribution is 9.10. The first-order valence-corrected chi connectivity index (χ1v) is 7.18. The van der Waals surface area contributed by atoms with Gasteiger partial charge in [-0.25, -0.2) is 0 Å². The van der Waals surface area contributed by atoms with E-state index in [1.807, 2.05) is 23.1 Å². The molecular formula is C14H16BrClN2O2. The Balaban J connectivity index is 0.00000147. The molecule has 0 bridgehead atoms. The Kier molecular flexibility index (Phi) is 4.73. The van der Waals surface area contributed by atoms with E-state index in [-0.39, 0.29) is 24.4 Å². The molecule has 0 aliphatic carbocycles. The minimum Gasteiger partial charge on any atom is -0.451 e. The van der Waals surface area contributed by atoms with Crippen molar-refractivity contribution in [2.75, 3.05) is 13.1 Å². The van der Waals surface area contributed by atoms with Crippen molar-refractivity contribution >= 4 is 45.2 Å². The Morgan fingerprint density at radius 3 is 3.00 bits per heavy atom. The van der Waals surface area contributed by atoms with Gasteiger partial charge >= 0.3 is 0 Å². The molecule has 1 aromatic heterocycles. The van der Waals surface area contributed by atoms with Crippen LogP contribution in [0.3, 0.4) is 0 Å². The van der Waals surface area contributed by atoms with Crippen LogP contribution < -0.4 is 5.73 Å². The number of nitrogens with two attached hydrogens (primary N) is 1. The lowest BCUT2D eigenvalue weighted by Gasteiger charge is -2.22. The Morgan fingerprint density at radius 1 is 1.45 bits per heavy atom. The number of fused-ring (bicyclic) bond motifs is 1. The lowest BCUT2D eigenvalue weighted by Crippen LogP contribution is -2.39. The van der Waals surface area contributed by atoms with Crippen LogP contribution in [0.15, 0.2) is 33.2 Å². The molecule has 2 N–H and O–H groups in total. The molecule has 0 saturated carbocycles. The number of rotatable bonds is 2. The van der Waals surface area contributed by atoms with Gasteiger partial charge in [-0.15, -0.1) is 12.4 Å². The Bertz CT molecular complexity index is 629. The molecule has 0 radical (unpaired) electrons. The summed E-state index contributed by atoms with van der Waals surface area (Å²) in [5, 5.41) is 0.932. The van der Waals surface area contributed by atoms with Crippen LogP contribution in [0, 0.1) is 0 Å². The standard InChI is InChI=1S/C14H15BrN2O2.ClH/c15-10-3-4-12-9(6-10)7-13(19-12)14(18)17-5-1-2-11(17)8-16;/h3-4,6-7,11H,1-2,5,8,16H2;1H. The number of likely N-dealkylation sites (tertiary alicyclic amines) is 1. The van der Waals surface area contributed by atoms with Crippen LogP contribution in [-0.2, 0) is 0 Å². The fourth-order valence-electron chi connectivity index (χ4n) is 2.61. The maximum absolute atomic E-state index is 12.4. The molecule has 4 nitrogen and oxygen atoms in total. The highest BCUT2D eigenvalue weighted by Gasteiger charge is 2.30. The van der Waals surface area contributed by atoms with Crippen molar-refractivity contribution in [3.05, 3.63) is 34.5 Å². The maximum Gasteiger partial charge on any atom is 0.289 e. The lowest BCUT2D eigenvalue weighted by atomic mass is 10.2. The molecule has 1 amide bonds. The number of carbonyl (C=O) groups is 1. The van der Waals surface area contributed by atoms with Gasteiger partial charge < -0.3 is 15.1 Å². The minimum atomic E-state index is -0.0553. The van der Waals surface area contributed by atoms with Crippen LogP contribution in [0.1, 0.15) is 23.4 Å². The summed E-state index contributed by atoms with van der Waals surface area (Å²) in [6.07, 6.45) is 1.99. The molecule has 1 aromatic carbocycles. The Hall–Kier alpha value is -1.04. The molecule has 6 heteroatoms. The Labute approximate surface area is 131 Å². The van der Waals surface area contributed by atoms with Gasteiger partial charge in [0.15, 0.2) is 5.76 Å². The van der Waals surface area contributed by atoms with Gasteiger partial charge in [-0.05, 0) is 37.1 Å². The summed E-state index contributed by atoms with van der Waals surface area (Å²) < 4.78 is 6.61. The van der Waals surface area contributed by atoms with Gasteiger partial charge in [0.2, 0.25) is 0 Å². The summed E-state index contributed by atoms with van der Waals surface area (Å²) in [4.78, 5) is 14.3. The van der Waals surface area contributed by atoms with Crippen molar-refractivity contribution in [1.29, 1.82) is 0 Å². The fraction of sp³-hybridized carbons (Fsp3) is 0.357. The molecule has 0 spiro atoms. The highest BCUT2D eigenvalue weighted by Crippen LogP contribution is 2.26. The maximum atomic E-state index is 12.4. The van der Waals surface area contributed by atoms with Crippen molar-refractivity contribution in [2.24, 2.45) is 5.73 Å². The molecule has 20 heavy (non-hydrogen) atoms. The van der Waals surface area contributed by atoms with E-state index in [9.17, 15) is 4.79 Å². The van der Waals surface area contributed by atoms with Crippen molar-refractivity contribution in [1.82, 2.24) is 4.90 Å². The van der Waals surface area contributed by atoms with Gasteiger partial charge in [0, 0.05) is 29.0 Å². The van der Waals surface area contributed by atoms with Crippen LogP contribution in [0.25, 0.3) is 11.0 Å². The third-order valence-electron chi connectivity index (χ3n) is 3.60. The summed E-state index contributed by atoms with van der Waals surface area (Å²) in [6.45, 7) is 1.28. The van der Waals surface area contributed by atoms with Crippen molar-refractivity contribution in [2.45, 2.75) is 18.9 Å². The zero-order chi connectivity index (χ0) is 13.4. The van der Waals surface area contributed by atoms with Crippen LogP contribution in [0.5, 0.6) is 0 Å². The van der Waals surface area contributed by atoms with Crippen molar-refractivity contribution in [3.8, 4) is 0 Å². The number of hydrogen-bond donors (Lipinski definition) is 1. The first-order chi connectivity index (χ1) is 9.19. The zero-order valence-electron chi connectivity index (χ0n) is 10.8. The van der Waals surface area contributed by atoms with Crippen LogP contribution in [-0.4, -0.2) is 29.9 Å². The molecule has 2 aromatic rings. The van der Waals surface area contributed by atoms with E-state index in [0.29, 0.717) is 12.3 Å². The van der Waals surface area contributed by atoms with Gasteiger partial charge in [0.1, 0.15) is 5.58 Å². The summed E-state index contributed by atoms with van der Waals surface area (Å²) in [5.41, 5.74) is 6.44. The van der Waals surface area contributed by atoms with Crippen molar-refractivity contribution < 1.29 is 9.21 Å². The molecule has 1 aliphatic rings. The molecule has 2 heterocycles. The summed E-state index contributed by atoms with van der Waals surface area (Å²) >= 11 is 3.41. The second-order valence-electron chi connectivity index (χ2n) is 4.82. The largest absolute Gasteiger partial charge is 0.451 e. The lowest BCUT2D eigenvalue weighted by molar-refractivity contribution is 0.0711. The molecule has 1 unspecified atom stereocenters. The number of nitrogens with zero attached hydrogens (tertiary/aromatic N) is 1. The molecule has 1 saturated heterocycles. The summed E-state index contributed by atoms with van der Waals surface area (Å²) in [7, 11) is 0. The number of benzene rings is 1. The summed E-state index contributed by atoms with van der Waals surface area (Å²) in [5.74, 6) is 0.341. The zero-order valence-corrected chi connectivity index (χ0v) is 13.2. The van der Waals surface area contributed by atoms with E-state index in [1.165, 1.54) is 0 Å². The second-order valence-corrected chi connectivity index (χ2v) is 5.74. The van der Waals surface area contributed by atoms with Gasteiger partial charge in [-0.3, -0.25) is 4.79 Å². The predicted octanol–water partition coefficient (Wildman–Crippen LogP) is 3.18. The van der Waals surface area contributed by atoms with Crippen LogP contribution in [0.2, 0.25) is 0 Å². The number of hydrogen-bond acceptors (Lipinski definition) is 3. The normalized spacial score (nSPS) is 18.3. The van der Waals surface area contributed by atoms with Crippen molar-refractivity contribution in [3.63, 3.8) is 0 Å². The minimum absolute atomic E-state index is 0. The number of halogens is 2. The summed E-state index contributed by atoms with van der Waals surface area (Å²) in [6, 6.07) is 7.65. The van der Waals surface area contributed by atoms with E-state index in [2.05, 4.69) is 15.9 Å². The van der Waals surface area contributed by atoms with Gasteiger partial charge in [-0.1, -0.05) is 15.9 Å². The third kappa shape index (κ3) is 2.71. The van der Waals surface area contributed by atoms with E-state index >= 15 is 0 Å².